The fourth-order valence-electron chi connectivity index (χ4n) is 5.40. The van der Waals surface area contributed by atoms with Crippen molar-refractivity contribution in [3.8, 4) is 0 Å². The van der Waals surface area contributed by atoms with Crippen LogP contribution in [0.2, 0.25) is 0 Å². The molecule has 40 heavy (non-hydrogen) atoms. The van der Waals surface area contributed by atoms with Gasteiger partial charge in [-0.2, -0.15) is 0 Å². The van der Waals surface area contributed by atoms with Crippen LogP contribution in [0.15, 0.2) is 42.5 Å². The van der Waals surface area contributed by atoms with Crippen LogP contribution in [0.4, 0.5) is 25.4 Å². The number of amides is 4. The molecule has 0 radical (unpaired) electrons. The number of hydrogen-bond donors (Lipinski definition) is 4. The number of hydrogen-bond acceptors (Lipinski definition) is 5. The summed E-state index contributed by atoms with van der Waals surface area (Å²) in [6.07, 6.45) is 4.10. The molecule has 4 amide bonds. The molecule has 2 fully saturated rings. The Morgan fingerprint density at radius 1 is 1.00 bits per heavy atom. The van der Waals surface area contributed by atoms with E-state index in [1.807, 2.05) is 12.1 Å². The molecule has 2 aromatic rings. The number of nitrogens with zero attached hydrogens (tertiary/aromatic N) is 1. The van der Waals surface area contributed by atoms with Crippen LogP contribution in [0.1, 0.15) is 56.1 Å². The maximum Gasteiger partial charge on any atom is 0.410 e. The van der Waals surface area contributed by atoms with Gasteiger partial charge in [-0.15, -0.1) is 0 Å². The van der Waals surface area contributed by atoms with Crippen LogP contribution in [0.5, 0.6) is 0 Å². The average molecular weight is 553 g/mol. The van der Waals surface area contributed by atoms with Crippen LogP contribution >= 0.6 is 0 Å². The molecule has 0 saturated heterocycles. The molecule has 3 aliphatic rings. The van der Waals surface area contributed by atoms with Crippen LogP contribution in [0.3, 0.4) is 0 Å². The summed E-state index contributed by atoms with van der Waals surface area (Å²) in [5, 5.41) is 17.1. The number of carboxylic acid groups (broad SMARTS) is 1. The monoisotopic (exact) mass is 552 g/mol. The highest BCUT2D eigenvalue weighted by Gasteiger charge is 2.51. The summed E-state index contributed by atoms with van der Waals surface area (Å²) in [5.41, 5.74) is 1.58. The van der Waals surface area contributed by atoms with E-state index in [4.69, 9.17) is 4.74 Å². The normalized spacial score (nSPS) is 21.0. The lowest BCUT2D eigenvalue weighted by atomic mass is 9.85. The van der Waals surface area contributed by atoms with Crippen molar-refractivity contribution < 1.29 is 33.4 Å². The predicted octanol–water partition coefficient (Wildman–Crippen LogP) is 4.65. The summed E-state index contributed by atoms with van der Waals surface area (Å²) in [6.45, 7) is 0.883. The molecule has 2 aliphatic carbocycles. The summed E-state index contributed by atoms with van der Waals surface area (Å²) in [5.74, 6) is -1.57. The first-order valence-electron chi connectivity index (χ1n) is 13.6. The second-order valence-corrected chi connectivity index (χ2v) is 10.9. The molecule has 0 bridgehead atoms. The first-order valence-corrected chi connectivity index (χ1v) is 13.6. The van der Waals surface area contributed by atoms with E-state index in [0.717, 1.165) is 24.0 Å². The van der Waals surface area contributed by atoms with Crippen molar-refractivity contribution in [2.24, 2.45) is 5.92 Å². The topological polar surface area (TPSA) is 137 Å². The highest BCUT2D eigenvalue weighted by molar-refractivity contribution is 5.99. The Labute approximate surface area is 231 Å². The van der Waals surface area contributed by atoms with Crippen molar-refractivity contribution in [1.29, 1.82) is 0 Å². The van der Waals surface area contributed by atoms with E-state index in [-0.39, 0.29) is 29.7 Å². The molecule has 0 unspecified atom stereocenters. The molecule has 0 spiro atoms. The number of carboxylic acids is 1. The van der Waals surface area contributed by atoms with Crippen LogP contribution in [-0.2, 0) is 27.3 Å². The van der Waals surface area contributed by atoms with Gasteiger partial charge in [0.05, 0.1) is 5.69 Å². The molecule has 212 valence electrons. The summed E-state index contributed by atoms with van der Waals surface area (Å²) < 4.78 is 19.6. The molecule has 0 atom stereocenters. The molecule has 2 aromatic carbocycles. The Hall–Kier alpha value is -4.15. The van der Waals surface area contributed by atoms with Crippen molar-refractivity contribution in [2.45, 2.75) is 69.6 Å². The highest BCUT2D eigenvalue weighted by Crippen LogP contribution is 2.36. The second-order valence-electron chi connectivity index (χ2n) is 10.9. The number of carbonyl (C=O) groups is 4. The number of urea groups is 1. The number of ether oxygens (including phenoxy) is 1. The molecule has 0 aromatic heterocycles. The smallest absolute Gasteiger partial charge is 0.410 e. The van der Waals surface area contributed by atoms with Crippen molar-refractivity contribution in [1.82, 2.24) is 10.2 Å². The van der Waals surface area contributed by atoms with E-state index in [9.17, 15) is 28.7 Å². The molecule has 10 nitrogen and oxygen atoms in total. The fraction of sp³-hybridized carbons (Fsp3) is 0.448. The Kier molecular flexibility index (Phi) is 7.90. The highest BCUT2D eigenvalue weighted by atomic mass is 19.1. The summed E-state index contributed by atoms with van der Waals surface area (Å²) >= 11 is 0. The van der Waals surface area contributed by atoms with E-state index >= 15 is 0 Å². The van der Waals surface area contributed by atoms with E-state index in [0.29, 0.717) is 57.3 Å². The molecule has 11 heteroatoms. The van der Waals surface area contributed by atoms with Gasteiger partial charge in [-0.25, -0.2) is 18.8 Å². The lowest BCUT2D eigenvalue weighted by molar-refractivity contribution is -0.143. The number of rotatable bonds is 7. The Morgan fingerprint density at radius 3 is 2.45 bits per heavy atom. The number of fused-ring (bicyclic) bond motifs is 1. The van der Waals surface area contributed by atoms with Crippen LogP contribution < -0.4 is 16.0 Å². The lowest BCUT2D eigenvalue weighted by Gasteiger charge is -2.32. The molecule has 1 aliphatic heterocycles. The minimum atomic E-state index is -1.06. The molecule has 5 rings (SSSR count). The van der Waals surface area contributed by atoms with Gasteiger partial charge in [-0.3, -0.25) is 4.79 Å². The maximum absolute atomic E-state index is 13.8. The minimum Gasteiger partial charge on any atom is -0.480 e. The second kappa shape index (κ2) is 11.5. The Bertz CT molecular complexity index is 1310. The maximum atomic E-state index is 13.8. The van der Waals surface area contributed by atoms with Crippen molar-refractivity contribution in [2.75, 3.05) is 17.2 Å². The largest absolute Gasteiger partial charge is 0.480 e. The van der Waals surface area contributed by atoms with Gasteiger partial charge in [0.2, 0.25) is 5.91 Å². The summed E-state index contributed by atoms with van der Waals surface area (Å²) in [6, 6.07) is 10.8. The van der Waals surface area contributed by atoms with Crippen LogP contribution in [0, 0.1) is 11.7 Å². The van der Waals surface area contributed by atoms with E-state index in [2.05, 4.69) is 16.0 Å². The number of halogens is 1. The first kappa shape index (κ1) is 27.4. The van der Waals surface area contributed by atoms with Gasteiger partial charge >= 0.3 is 18.1 Å². The number of nitrogens with one attached hydrogen (secondary N) is 3. The van der Waals surface area contributed by atoms with Gasteiger partial charge in [0, 0.05) is 25.2 Å². The number of aliphatic carboxylic acids is 1. The Balaban J connectivity index is 1.06. The quantitative estimate of drug-likeness (QED) is 0.395. The van der Waals surface area contributed by atoms with Crippen molar-refractivity contribution in [3.05, 3.63) is 59.4 Å². The van der Waals surface area contributed by atoms with Gasteiger partial charge in [-0.05, 0) is 86.3 Å². The van der Waals surface area contributed by atoms with Gasteiger partial charge in [-0.1, -0.05) is 18.2 Å². The van der Waals surface area contributed by atoms with Gasteiger partial charge < -0.3 is 30.7 Å². The zero-order chi connectivity index (χ0) is 28.3. The predicted molar refractivity (Wildman–Crippen MR) is 144 cm³/mol. The Morgan fingerprint density at radius 2 is 1.75 bits per heavy atom. The van der Waals surface area contributed by atoms with Crippen molar-refractivity contribution >= 4 is 35.4 Å². The molecule has 2 saturated carbocycles. The number of carbonyl (C=O) groups excluding carboxylic acids is 3. The third-order valence-electron chi connectivity index (χ3n) is 7.93. The lowest BCUT2D eigenvalue weighted by Crippen LogP contribution is -2.44. The van der Waals surface area contributed by atoms with Gasteiger partial charge in [0.25, 0.3) is 0 Å². The standard InChI is InChI=1S/C29H33FN4O6/c30-23-3-1-2-4-24(23)32-27(38)31-21-8-7-20-17-34(14-11-19(20)16-21)28(39)40-22-9-5-18(6-10-22)15-25(35)33-29(12-13-29)26(36)37/h1-4,7-8,16,18,22H,5-6,9-15,17H2,(H,33,35)(H,36,37)(H2,31,32,38)/t18-,22-. The van der Waals surface area contributed by atoms with E-state index in [1.165, 1.54) is 12.1 Å². The summed E-state index contributed by atoms with van der Waals surface area (Å²) in [4.78, 5) is 50.4. The number of benzene rings is 2. The van der Waals surface area contributed by atoms with Crippen LogP contribution in [0.25, 0.3) is 0 Å². The molecule has 1 heterocycles. The zero-order valence-corrected chi connectivity index (χ0v) is 22.1. The van der Waals surface area contributed by atoms with E-state index in [1.54, 1.807) is 23.1 Å². The third-order valence-corrected chi connectivity index (χ3v) is 7.93. The van der Waals surface area contributed by atoms with E-state index < -0.39 is 23.4 Å². The van der Waals surface area contributed by atoms with Crippen LogP contribution in [-0.4, -0.2) is 52.2 Å². The van der Waals surface area contributed by atoms with Gasteiger partial charge in [0.1, 0.15) is 17.5 Å². The number of para-hydroxylation sites is 1. The minimum absolute atomic E-state index is 0.0910. The zero-order valence-electron chi connectivity index (χ0n) is 22.1. The van der Waals surface area contributed by atoms with Crippen molar-refractivity contribution in [3.63, 3.8) is 0 Å². The molecular weight excluding hydrogens is 519 g/mol. The first-order chi connectivity index (χ1) is 19.2. The SMILES string of the molecule is O=C(C[C@H]1CC[C@H](OC(=O)N2CCc3cc(NC(=O)Nc4ccccc4F)ccc3C2)CC1)NC1(C(=O)O)CC1. The molecular formula is C29H33FN4O6. The average Bonchev–Trinajstić information content (AvgIpc) is 3.71. The number of anilines is 2. The van der Waals surface area contributed by atoms with Gasteiger partial charge in [0.15, 0.2) is 0 Å². The molecule has 4 N–H and O–H groups in total. The summed E-state index contributed by atoms with van der Waals surface area (Å²) in [7, 11) is 0. The third kappa shape index (κ3) is 6.52. The fourth-order valence-corrected chi connectivity index (χ4v) is 5.40.